The van der Waals surface area contributed by atoms with Crippen LogP contribution in [0.4, 0.5) is 5.82 Å². The lowest BCUT2D eigenvalue weighted by molar-refractivity contribution is -0.116. The van der Waals surface area contributed by atoms with Gasteiger partial charge in [0.05, 0.1) is 19.3 Å². The van der Waals surface area contributed by atoms with Crippen LogP contribution >= 0.6 is 23.4 Å². The second kappa shape index (κ2) is 9.89. The number of benzene rings is 2. The van der Waals surface area contributed by atoms with Gasteiger partial charge >= 0.3 is 0 Å². The van der Waals surface area contributed by atoms with Gasteiger partial charge in [0.15, 0.2) is 16.7 Å². The predicted octanol–water partition coefficient (Wildman–Crippen LogP) is 4.61. The molecule has 33 heavy (non-hydrogen) atoms. The molecule has 9 heteroatoms. The fourth-order valence-electron chi connectivity index (χ4n) is 3.85. The molecular formula is C24H24ClN3O4S. The predicted molar refractivity (Wildman–Crippen MR) is 130 cm³/mol. The highest BCUT2D eigenvalue weighted by Crippen LogP contribution is 2.39. The molecule has 0 saturated carbocycles. The number of fused-ring (bicyclic) bond motifs is 1. The topological polar surface area (TPSA) is 82.5 Å². The van der Waals surface area contributed by atoms with Gasteiger partial charge in [-0.25, -0.2) is 0 Å². The molecule has 1 aliphatic heterocycles. The molecule has 2 heterocycles. The Balaban J connectivity index is 1.70. The van der Waals surface area contributed by atoms with Gasteiger partial charge in [-0.05, 0) is 42.3 Å². The summed E-state index contributed by atoms with van der Waals surface area (Å²) in [6, 6.07) is 13.0. The zero-order valence-corrected chi connectivity index (χ0v) is 20.1. The maximum Gasteiger partial charge on any atom is 0.279 e. The van der Waals surface area contributed by atoms with Gasteiger partial charge in [-0.2, -0.15) is 4.98 Å². The van der Waals surface area contributed by atoms with Gasteiger partial charge < -0.3 is 19.4 Å². The van der Waals surface area contributed by atoms with E-state index < -0.39 is 5.92 Å². The molecule has 1 unspecified atom stereocenters. The van der Waals surface area contributed by atoms with Crippen molar-refractivity contribution in [3.63, 3.8) is 0 Å². The van der Waals surface area contributed by atoms with Crippen molar-refractivity contribution >= 4 is 35.1 Å². The van der Waals surface area contributed by atoms with E-state index in [0.29, 0.717) is 45.4 Å². The first kappa shape index (κ1) is 23.2. The lowest BCUT2D eigenvalue weighted by Gasteiger charge is -2.28. The zero-order valence-electron chi connectivity index (χ0n) is 18.6. The molecule has 0 bridgehead atoms. The van der Waals surface area contributed by atoms with Crippen molar-refractivity contribution in [2.75, 3.05) is 19.0 Å². The molecule has 1 aliphatic rings. The summed E-state index contributed by atoms with van der Waals surface area (Å²) in [5.74, 6) is 1.67. The van der Waals surface area contributed by atoms with Crippen molar-refractivity contribution in [3.05, 3.63) is 74.5 Å². The largest absolute Gasteiger partial charge is 0.493 e. The standard InChI is InChI=1S/C24H24ClN3O4S/c1-4-32-18-10-7-15(11-19(18)31-3)17-12-20(29)26-22-21(17)23(30)27-24(28(22)2)33-13-14-5-8-16(25)9-6-14/h5-11,17H,4,12-13H2,1-3H3,(H,26,29). The minimum absolute atomic E-state index is 0.151. The third-order valence-corrected chi connectivity index (χ3v) is 6.82. The van der Waals surface area contributed by atoms with Crippen LogP contribution in [-0.2, 0) is 17.6 Å². The van der Waals surface area contributed by atoms with Crippen LogP contribution in [0.2, 0.25) is 5.02 Å². The lowest BCUT2D eigenvalue weighted by Crippen LogP contribution is -2.33. The number of carbonyl (C=O) groups is 1. The molecule has 1 amide bonds. The van der Waals surface area contributed by atoms with Crippen LogP contribution in [0.3, 0.4) is 0 Å². The zero-order chi connectivity index (χ0) is 23.5. The molecule has 0 radical (unpaired) electrons. The number of amides is 1. The first-order valence-corrected chi connectivity index (χ1v) is 11.9. The van der Waals surface area contributed by atoms with Crippen molar-refractivity contribution in [2.24, 2.45) is 7.05 Å². The Labute approximate surface area is 201 Å². The molecule has 7 nitrogen and oxygen atoms in total. The highest BCUT2D eigenvalue weighted by molar-refractivity contribution is 7.98. The maximum atomic E-state index is 13.1. The number of carbonyl (C=O) groups excluding carboxylic acids is 1. The van der Waals surface area contributed by atoms with E-state index >= 15 is 0 Å². The number of nitrogens with zero attached hydrogens (tertiary/aromatic N) is 2. The average molecular weight is 486 g/mol. The molecular weight excluding hydrogens is 462 g/mol. The van der Waals surface area contributed by atoms with Crippen LogP contribution in [-0.4, -0.2) is 29.2 Å². The molecule has 1 aromatic heterocycles. The van der Waals surface area contributed by atoms with Crippen molar-refractivity contribution in [2.45, 2.75) is 30.2 Å². The first-order chi connectivity index (χ1) is 15.9. The van der Waals surface area contributed by atoms with Crippen LogP contribution in [0.1, 0.15) is 36.0 Å². The summed E-state index contributed by atoms with van der Waals surface area (Å²) in [5, 5.41) is 4.07. The Kier molecular flexibility index (Phi) is 6.95. The molecule has 3 aromatic rings. The van der Waals surface area contributed by atoms with Crippen LogP contribution in [0, 0.1) is 0 Å². The van der Waals surface area contributed by atoms with E-state index in [9.17, 15) is 9.59 Å². The summed E-state index contributed by atoms with van der Waals surface area (Å²) in [4.78, 5) is 30.1. The summed E-state index contributed by atoms with van der Waals surface area (Å²) >= 11 is 7.38. The Hall–Kier alpha value is -2.97. The Morgan fingerprint density at radius 1 is 1.18 bits per heavy atom. The van der Waals surface area contributed by atoms with E-state index in [2.05, 4.69) is 10.3 Å². The van der Waals surface area contributed by atoms with Crippen molar-refractivity contribution in [1.82, 2.24) is 9.55 Å². The van der Waals surface area contributed by atoms with E-state index in [-0.39, 0.29) is 17.9 Å². The number of nitrogens with one attached hydrogen (secondary N) is 1. The molecule has 1 N–H and O–H groups in total. The van der Waals surface area contributed by atoms with Gasteiger partial charge in [0.2, 0.25) is 5.91 Å². The molecule has 0 fully saturated rings. The summed E-state index contributed by atoms with van der Waals surface area (Å²) < 4.78 is 12.8. The number of anilines is 1. The van der Waals surface area contributed by atoms with Crippen molar-refractivity contribution in [1.29, 1.82) is 0 Å². The lowest BCUT2D eigenvalue weighted by atomic mass is 9.86. The second-order valence-corrected chi connectivity index (χ2v) is 8.96. The second-order valence-electron chi connectivity index (χ2n) is 7.58. The van der Waals surface area contributed by atoms with E-state index in [0.717, 1.165) is 11.1 Å². The van der Waals surface area contributed by atoms with Crippen LogP contribution in [0.15, 0.2) is 52.4 Å². The van der Waals surface area contributed by atoms with Gasteiger partial charge in [0.1, 0.15) is 5.82 Å². The van der Waals surface area contributed by atoms with Crippen LogP contribution in [0.5, 0.6) is 11.5 Å². The molecule has 0 saturated heterocycles. The molecule has 4 rings (SSSR count). The smallest absolute Gasteiger partial charge is 0.279 e. The van der Waals surface area contributed by atoms with Crippen molar-refractivity contribution in [3.8, 4) is 11.5 Å². The number of hydrogen-bond donors (Lipinski definition) is 1. The average Bonchev–Trinajstić information content (AvgIpc) is 2.81. The highest BCUT2D eigenvalue weighted by Gasteiger charge is 2.32. The number of ether oxygens (including phenoxy) is 2. The fourth-order valence-corrected chi connectivity index (χ4v) is 4.90. The third kappa shape index (κ3) is 4.86. The minimum Gasteiger partial charge on any atom is -0.493 e. The maximum absolute atomic E-state index is 13.1. The Bertz CT molecular complexity index is 1240. The van der Waals surface area contributed by atoms with Gasteiger partial charge in [-0.3, -0.25) is 9.59 Å². The number of hydrogen-bond acceptors (Lipinski definition) is 6. The molecule has 1 atom stereocenters. The van der Waals surface area contributed by atoms with Crippen LogP contribution in [0.25, 0.3) is 0 Å². The fraction of sp³-hybridized carbons (Fsp3) is 0.292. The summed E-state index contributed by atoms with van der Waals surface area (Å²) in [7, 11) is 3.37. The van der Waals surface area contributed by atoms with E-state index in [1.807, 2.05) is 43.3 Å². The summed E-state index contributed by atoms with van der Waals surface area (Å²) in [6.45, 7) is 2.40. The molecule has 172 valence electrons. The molecule has 2 aromatic carbocycles. The van der Waals surface area contributed by atoms with E-state index in [1.54, 1.807) is 24.8 Å². The normalized spacial score (nSPS) is 15.0. The molecule has 0 aliphatic carbocycles. The van der Waals surface area contributed by atoms with E-state index in [4.69, 9.17) is 21.1 Å². The SMILES string of the molecule is CCOc1ccc(C2CC(=O)Nc3c2c(=O)nc(SCc2ccc(Cl)cc2)n3C)cc1OC. The molecule has 0 spiro atoms. The van der Waals surface area contributed by atoms with Gasteiger partial charge in [-0.1, -0.05) is 41.6 Å². The highest BCUT2D eigenvalue weighted by atomic mass is 35.5. The van der Waals surface area contributed by atoms with E-state index in [1.165, 1.54) is 11.8 Å². The first-order valence-electron chi connectivity index (χ1n) is 10.5. The third-order valence-electron chi connectivity index (χ3n) is 5.47. The van der Waals surface area contributed by atoms with Gasteiger partial charge in [-0.15, -0.1) is 0 Å². The van der Waals surface area contributed by atoms with Gasteiger partial charge in [0, 0.05) is 30.2 Å². The number of halogens is 1. The minimum atomic E-state index is -0.431. The van der Waals surface area contributed by atoms with Crippen LogP contribution < -0.4 is 20.3 Å². The number of methoxy groups -OCH3 is 1. The number of rotatable bonds is 7. The summed E-state index contributed by atoms with van der Waals surface area (Å²) in [5.41, 5.74) is 1.98. The Morgan fingerprint density at radius 3 is 2.64 bits per heavy atom. The number of thioether (sulfide) groups is 1. The van der Waals surface area contributed by atoms with Gasteiger partial charge in [0.25, 0.3) is 5.56 Å². The van der Waals surface area contributed by atoms with Crippen molar-refractivity contribution < 1.29 is 14.3 Å². The Morgan fingerprint density at radius 2 is 1.94 bits per heavy atom. The monoisotopic (exact) mass is 485 g/mol. The number of aromatic nitrogens is 2. The quantitative estimate of drug-likeness (QED) is 0.389. The summed E-state index contributed by atoms with van der Waals surface area (Å²) in [6.07, 6.45) is 0.151.